The van der Waals surface area contributed by atoms with Gasteiger partial charge < -0.3 is 5.32 Å². The Labute approximate surface area is 79.9 Å². The Kier molecular flexibility index (Phi) is 4.67. The molecule has 3 heteroatoms. The van der Waals surface area contributed by atoms with Crippen molar-refractivity contribution < 1.29 is 9.59 Å². The molecule has 0 spiro atoms. The first-order valence-corrected chi connectivity index (χ1v) is 4.62. The fraction of sp³-hybridized carbons (Fsp3) is 0.800. The molecule has 13 heavy (non-hydrogen) atoms. The molecule has 0 bridgehead atoms. The van der Waals surface area contributed by atoms with Crippen molar-refractivity contribution in [1.29, 1.82) is 0 Å². The van der Waals surface area contributed by atoms with Crippen molar-refractivity contribution in [2.24, 2.45) is 5.41 Å². The van der Waals surface area contributed by atoms with Crippen molar-refractivity contribution in [1.82, 2.24) is 5.32 Å². The van der Waals surface area contributed by atoms with Crippen LogP contribution in [0.2, 0.25) is 0 Å². The molecule has 0 aliphatic carbocycles. The first-order valence-electron chi connectivity index (χ1n) is 4.62. The highest BCUT2D eigenvalue weighted by Crippen LogP contribution is 2.17. The van der Waals surface area contributed by atoms with Crippen molar-refractivity contribution >= 4 is 11.7 Å². The zero-order chi connectivity index (χ0) is 10.5. The van der Waals surface area contributed by atoms with Gasteiger partial charge in [-0.2, -0.15) is 0 Å². The summed E-state index contributed by atoms with van der Waals surface area (Å²) in [7, 11) is 1.61. The second-order valence-electron chi connectivity index (χ2n) is 4.20. The topological polar surface area (TPSA) is 46.2 Å². The van der Waals surface area contributed by atoms with Crippen LogP contribution in [-0.4, -0.2) is 18.7 Å². The molecule has 1 amide bonds. The second kappa shape index (κ2) is 5.00. The van der Waals surface area contributed by atoms with Crippen LogP contribution in [0.1, 0.15) is 40.0 Å². The van der Waals surface area contributed by atoms with Gasteiger partial charge in [0.05, 0.1) is 0 Å². The number of ketones is 1. The predicted octanol–water partition coefficient (Wildman–Crippen LogP) is 1.52. The molecule has 0 aliphatic heterocycles. The zero-order valence-electron chi connectivity index (χ0n) is 8.94. The summed E-state index contributed by atoms with van der Waals surface area (Å²) < 4.78 is 0. The third-order valence-corrected chi connectivity index (χ3v) is 1.92. The van der Waals surface area contributed by atoms with E-state index in [0.29, 0.717) is 19.3 Å². The number of hydrogen-bond donors (Lipinski definition) is 1. The van der Waals surface area contributed by atoms with Crippen LogP contribution in [0.25, 0.3) is 0 Å². The van der Waals surface area contributed by atoms with Gasteiger partial charge in [-0.1, -0.05) is 20.8 Å². The van der Waals surface area contributed by atoms with E-state index in [1.165, 1.54) is 0 Å². The number of carbonyl (C=O) groups is 2. The minimum atomic E-state index is -0.275. The molecule has 0 saturated heterocycles. The van der Waals surface area contributed by atoms with E-state index in [1.54, 1.807) is 7.05 Å². The number of nitrogens with one attached hydrogen (secondary N) is 1. The third-order valence-electron chi connectivity index (χ3n) is 1.92. The average Bonchev–Trinajstić information content (AvgIpc) is 2.02. The van der Waals surface area contributed by atoms with Gasteiger partial charge in [-0.25, -0.2) is 0 Å². The predicted molar refractivity (Wildman–Crippen MR) is 52.4 cm³/mol. The van der Waals surface area contributed by atoms with E-state index in [0.717, 1.165) is 0 Å². The van der Waals surface area contributed by atoms with E-state index in [1.807, 2.05) is 20.8 Å². The molecular weight excluding hydrogens is 166 g/mol. The molecule has 0 atom stereocenters. The van der Waals surface area contributed by atoms with E-state index in [4.69, 9.17) is 0 Å². The van der Waals surface area contributed by atoms with Crippen molar-refractivity contribution in [3.8, 4) is 0 Å². The molecule has 0 heterocycles. The molecule has 3 nitrogen and oxygen atoms in total. The van der Waals surface area contributed by atoms with E-state index in [2.05, 4.69) is 5.32 Å². The van der Waals surface area contributed by atoms with Crippen LogP contribution in [0.3, 0.4) is 0 Å². The van der Waals surface area contributed by atoms with E-state index < -0.39 is 0 Å². The lowest BCUT2D eigenvalue weighted by atomic mass is 9.88. The molecular formula is C10H19NO2. The number of rotatable bonds is 4. The third kappa shape index (κ3) is 5.39. The van der Waals surface area contributed by atoms with Crippen molar-refractivity contribution in [2.75, 3.05) is 7.05 Å². The molecule has 0 aliphatic rings. The van der Waals surface area contributed by atoms with Crippen molar-refractivity contribution in [3.63, 3.8) is 0 Å². The van der Waals surface area contributed by atoms with Gasteiger partial charge in [-0.05, 0) is 6.42 Å². The number of hydrogen-bond acceptors (Lipinski definition) is 2. The fourth-order valence-electron chi connectivity index (χ4n) is 0.910. The Morgan fingerprint density at radius 1 is 1.15 bits per heavy atom. The van der Waals surface area contributed by atoms with Gasteiger partial charge in [0.2, 0.25) is 5.91 Å². The highest BCUT2D eigenvalue weighted by atomic mass is 16.1. The monoisotopic (exact) mass is 185 g/mol. The largest absolute Gasteiger partial charge is 0.359 e. The first kappa shape index (κ1) is 12.1. The molecule has 0 fully saturated rings. The normalized spacial score (nSPS) is 11.1. The Balaban J connectivity index is 3.67. The van der Waals surface area contributed by atoms with Gasteiger partial charge in [0.15, 0.2) is 0 Å². The molecule has 0 rings (SSSR count). The maximum atomic E-state index is 11.4. The van der Waals surface area contributed by atoms with Crippen LogP contribution in [0, 0.1) is 5.41 Å². The Morgan fingerprint density at radius 3 is 2.08 bits per heavy atom. The second-order valence-corrected chi connectivity index (χ2v) is 4.20. The van der Waals surface area contributed by atoms with Crippen LogP contribution < -0.4 is 5.32 Å². The number of amides is 1. The quantitative estimate of drug-likeness (QED) is 0.721. The number of Topliss-reactive ketones (excluding diaryl/α,β-unsaturated/α-hetero) is 1. The summed E-state index contributed by atoms with van der Waals surface area (Å²) in [6.07, 6.45) is 1.59. The summed E-state index contributed by atoms with van der Waals surface area (Å²) in [6, 6.07) is 0. The van der Waals surface area contributed by atoms with Crippen LogP contribution >= 0.6 is 0 Å². The molecule has 0 aromatic rings. The zero-order valence-corrected chi connectivity index (χ0v) is 8.94. The maximum absolute atomic E-state index is 11.4. The van der Waals surface area contributed by atoms with Crippen LogP contribution in [0.4, 0.5) is 0 Å². The molecule has 0 aromatic heterocycles. The van der Waals surface area contributed by atoms with Crippen LogP contribution in [0.15, 0.2) is 0 Å². The van der Waals surface area contributed by atoms with Gasteiger partial charge >= 0.3 is 0 Å². The van der Waals surface area contributed by atoms with Gasteiger partial charge in [-0.3, -0.25) is 9.59 Å². The summed E-state index contributed by atoms with van der Waals surface area (Å²) in [4.78, 5) is 22.2. The Morgan fingerprint density at radius 2 is 1.69 bits per heavy atom. The van der Waals surface area contributed by atoms with Gasteiger partial charge in [0, 0.05) is 25.3 Å². The fourth-order valence-corrected chi connectivity index (χ4v) is 0.910. The molecule has 76 valence electrons. The average molecular weight is 185 g/mol. The summed E-state index contributed by atoms with van der Waals surface area (Å²) >= 11 is 0. The number of carbonyl (C=O) groups excluding carboxylic acids is 2. The van der Waals surface area contributed by atoms with Gasteiger partial charge in [0.25, 0.3) is 0 Å². The SMILES string of the molecule is CNC(=O)CCCC(=O)C(C)(C)C. The molecule has 1 N–H and O–H groups in total. The smallest absolute Gasteiger partial charge is 0.219 e. The van der Waals surface area contributed by atoms with Crippen LogP contribution in [0.5, 0.6) is 0 Å². The van der Waals surface area contributed by atoms with E-state index in [9.17, 15) is 9.59 Å². The standard InChI is InChI=1S/C10H19NO2/c1-10(2,3)8(12)6-5-7-9(13)11-4/h5-7H2,1-4H3,(H,11,13). The van der Waals surface area contributed by atoms with Crippen LogP contribution in [-0.2, 0) is 9.59 Å². The van der Waals surface area contributed by atoms with E-state index >= 15 is 0 Å². The lowest BCUT2D eigenvalue weighted by molar-refractivity contribution is -0.126. The Hall–Kier alpha value is -0.860. The summed E-state index contributed by atoms with van der Waals surface area (Å²) in [6.45, 7) is 5.69. The highest BCUT2D eigenvalue weighted by Gasteiger charge is 2.20. The molecule has 0 unspecified atom stereocenters. The minimum absolute atomic E-state index is 0.00158. The molecule has 0 aromatic carbocycles. The van der Waals surface area contributed by atoms with Gasteiger partial charge in [-0.15, -0.1) is 0 Å². The minimum Gasteiger partial charge on any atom is -0.359 e. The van der Waals surface area contributed by atoms with E-state index in [-0.39, 0.29) is 17.1 Å². The first-order chi connectivity index (χ1) is 5.88. The Bertz CT molecular complexity index is 192. The summed E-state index contributed by atoms with van der Waals surface area (Å²) in [5, 5.41) is 2.53. The lowest BCUT2D eigenvalue weighted by Gasteiger charge is -2.15. The lowest BCUT2D eigenvalue weighted by Crippen LogP contribution is -2.21. The molecule has 0 radical (unpaired) electrons. The van der Waals surface area contributed by atoms with Gasteiger partial charge in [0.1, 0.15) is 5.78 Å². The van der Waals surface area contributed by atoms with Crippen molar-refractivity contribution in [2.45, 2.75) is 40.0 Å². The van der Waals surface area contributed by atoms with Crippen molar-refractivity contribution in [3.05, 3.63) is 0 Å². The highest BCUT2D eigenvalue weighted by molar-refractivity contribution is 5.84. The molecule has 0 saturated carbocycles. The summed E-state index contributed by atoms with van der Waals surface area (Å²) in [5.41, 5.74) is -0.275. The maximum Gasteiger partial charge on any atom is 0.219 e. The summed E-state index contributed by atoms with van der Waals surface area (Å²) in [5.74, 6) is 0.220.